The van der Waals surface area contributed by atoms with E-state index in [1.807, 2.05) is 11.6 Å². The Labute approximate surface area is 168 Å². The largest absolute Gasteiger partial charge is 0.338 e. The molecule has 148 valence electrons. The Morgan fingerprint density at radius 3 is 2.72 bits per heavy atom. The summed E-state index contributed by atoms with van der Waals surface area (Å²) in [5.74, 6) is -2.88. The van der Waals surface area contributed by atoms with Gasteiger partial charge in [0, 0.05) is 61.2 Å². The zero-order chi connectivity index (χ0) is 20.0. The molecular formula is C19H16F2N6OS. The van der Waals surface area contributed by atoms with Gasteiger partial charge in [-0.15, -0.1) is 11.3 Å². The van der Waals surface area contributed by atoms with Crippen molar-refractivity contribution < 1.29 is 13.6 Å². The van der Waals surface area contributed by atoms with Gasteiger partial charge < -0.3 is 4.90 Å². The van der Waals surface area contributed by atoms with E-state index in [1.165, 1.54) is 16.2 Å². The second-order valence-corrected chi connectivity index (χ2v) is 7.92. The summed E-state index contributed by atoms with van der Waals surface area (Å²) in [6, 6.07) is 1.78. The van der Waals surface area contributed by atoms with Gasteiger partial charge in [-0.2, -0.15) is 10.2 Å². The first kappa shape index (κ1) is 17.9. The number of nitrogens with zero attached hydrogens (tertiary/aromatic N) is 5. The van der Waals surface area contributed by atoms with E-state index in [-0.39, 0.29) is 31.8 Å². The number of likely N-dealkylation sites (tertiary alicyclic amines) is 1. The lowest BCUT2D eigenvalue weighted by molar-refractivity contribution is -0.0493. The first-order chi connectivity index (χ1) is 14.0. The van der Waals surface area contributed by atoms with Crippen LogP contribution in [0.2, 0.25) is 0 Å². The Morgan fingerprint density at radius 2 is 1.97 bits per heavy atom. The molecule has 29 heavy (non-hydrogen) atoms. The summed E-state index contributed by atoms with van der Waals surface area (Å²) in [4.78, 5) is 19.2. The summed E-state index contributed by atoms with van der Waals surface area (Å²) in [7, 11) is 0. The highest BCUT2D eigenvalue weighted by molar-refractivity contribution is 7.12. The number of halogens is 2. The van der Waals surface area contributed by atoms with Gasteiger partial charge in [-0.25, -0.2) is 18.3 Å². The molecule has 5 heterocycles. The van der Waals surface area contributed by atoms with Gasteiger partial charge in [-0.1, -0.05) is 0 Å². The molecular weight excluding hydrogens is 398 g/mol. The molecule has 7 nitrogen and oxygen atoms in total. The summed E-state index contributed by atoms with van der Waals surface area (Å²) in [6.07, 6.45) is 8.24. The maximum Gasteiger partial charge on any atom is 0.263 e. The number of hydrogen-bond acceptors (Lipinski definition) is 5. The van der Waals surface area contributed by atoms with E-state index in [9.17, 15) is 13.6 Å². The third-order valence-corrected chi connectivity index (χ3v) is 6.01. The van der Waals surface area contributed by atoms with Crippen LogP contribution in [0, 0.1) is 0 Å². The number of rotatable bonds is 3. The fourth-order valence-electron chi connectivity index (χ4n) is 3.42. The quantitative estimate of drug-likeness (QED) is 0.554. The number of carbonyl (C=O) groups excluding carboxylic acids is 1. The predicted molar refractivity (Wildman–Crippen MR) is 104 cm³/mol. The van der Waals surface area contributed by atoms with Crippen LogP contribution in [0.1, 0.15) is 22.5 Å². The zero-order valence-electron chi connectivity index (χ0n) is 15.2. The molecule has 0 aromatic carbocycles. The molecule has 0 atom stereocenters. The second-order valence-electron chi connectivity index (χ2n) is 7.00. The molecule has 0 radical (unpaired) electrons. The van der Waals surface area contributed by atoms with E-state index in [2.05, 4.69) is 20.3 Å². The molecule has 5 rings (SSSR count). The molecule has 0 aliphatic carbocycles. The van der Waals surface area contributed by atoms with Gasteiger partial charge in [0.2, 0.25) is 0 Å². The summed E-state index contributed by atoms with van der Waals surface area (Å²) < 4.78 is 28.4. The molecule has 0 bridgehead atoms. The van der Waals surface area contributed by atoms with E-state index < -0.39 is 5.92 Å². The fourth-order valence-corrected chi connectivity index (χ4v) is 4.29. The first-order valence-corrected chi connectivity index (χ1v) is 9.97. The van der Waals surface area contributed by atoms with Crippen molar-refractivity contribution in [1.29, 1.82) is 0 Å². The van der Waals surface area contributed by atoms with Crippen molar-refractivity contribution in [2.24, 2.45) is 0 Å². The number of hydrogen-bond donors (Lipinski definition) is 1. The average molecular weight is 414 g/mol. The SMILES string of the molecule is O=C(c1cc(-c2cnn3cc(-c4cn[nH]c4)cnc23)cs1)N1CCC(F)(F)CC1. The van der Waals surface area contributed by atoms with Crippen LogP contribution in [-0.2, 0) is 0 Å². The Hall–Kier alpha value is -3.14. The maximum atomic E-state index is 13.3. The van der Waals surface area contributed by atoms with E-state index in [0.717, 1.165) is 22.3 Å². The lowest BCUT2D eigenvalue weighted by Gasteiger charge is -2.31. The molecule has 4 aromatic heterocycles. The van der Waals surface area contributed by atoms with E-state index in [1.54, 1.807) is 35.4 Å². The van der Waals surface area contributed by atoms with Crippen molar-refractivity contribution in [3.05, 3.63) is 47.3 Å². The van der Waals surface area contributed by atoms with Gasteiger partial charge in [-0.3, -0.25) is 9.89 Å². The molecule has 4 aromatic rings. The molecule has 10 heteroatoms. The first-order valence-electron chi connectivity index (χ1n) is 9.09. The van der Waals surface area contributed by atoms with Gasteiger partial charge in [0.1, 0.15) is 0 Å². The second kappa shape index (κ2) is 6.73. The number of aromatic nitrogens is 5. The molecule has 1 fully saturated rings. The van der Waals surface area contributed by atoms with Crippen LogP contribution in [-0.4, -0.2) is 54.6 Å². The highest BCUT2D eigenvalue weighted by Crippen LogP contribution is 2.32. The minimum Gasteiger partial charge on any atom is -0.338 e. The number of fused-ring (bicyclic) bond motifs is 1. The molecule has 1 saturated heterocycles. The normalized spacial score (nSPS) is 16.4. The van der Waals surface area contributed by atoms with Crippen LogP contribution in [0.5, 0.6) is 0 Å². The number of H-pyrrole nitrogens is 1. The third kappa shape index (κ3) is 3.29. The minimum atomic E-state index is -2.67. The van der Waals surface area contributed by atoms with Crippen molar-refractivity contribution in [2.75, 3.05) is 13.1 Å². The number of thiophene rings is 1. The lowest BCUT2D eigenvalue weighted by atomic mass is 10.1. The molecule has 0 spiro atoms. The molecule has 1 N–H and O–H groups in total. The van der Waals surface area contributed by atoms with Gasteiger partial charge in [0.25, 0.3) is 11.8 Å². The molecule has 1 aliphatic rings. The Bertz CT molecular complexity index is 1170. The highest BCUT2D eigenvalue weighted by atomic mass is 32.1. The summed E-state index contributed by atoms with van der Waals surface area (Å²) in [5.41, 5.74) is 4.10. The Balaban J connectivity index is 1.40. The number of carbonyl (C=O) groups is 1. The predicted octanol–water partition coefficient (Wildman–Crippen LogP) is 3.72. The highest BCUT2D eigenvalue weighted by Gasteiger charge is 2.36. The van der Waals surface area contributed by atoms with Crippen LogP contribution in [0.3, 0.4) is 0 Å². The maximum absolute atomic E-state index is 13.3. The fraction of sp³-hybridized carbons (Fsp3) is 0.263. The number of amides is 1. The van der Waals surface area contributed by atoms with Gasteiger partial charge in [0.05, 0.1) is 17.3 Å². The molecule has 1 amide bonds. The third-order valence-electron chi connectivity index (χ3n) is 5.09. The summed E-state index contributed by atoms with van der Waals surface area (Å²) in [6.45, 7) is 0.155. The number of piperidine rings is 1. The van der Waals surface area contributed by atoms with Gasteiger partial charge in [0.15, 0.2) is 5.65 Å². The topological polar surface area (TPSA) is 79.2 Å². The monoisotopic (exact) mass is 414 g/mol. The summed E-state index contributed by atoms with van der Waals surface area (Å²) >= 11 is 1.30. The van der Waals surface area contributed by atoms with Crippen LogP contribution < -0.4 is 0 Å². The average Bonchev–Trinajstić information content (AvgIpc) is 3.46. The lowest BCUT2D eigenvalue weighted by Crippen LogP contribution is -2.42. The Kier molecular flexibility index (Phi) is 4.16. The van der Waals surface area contributed by atoms with E-state index in [0.29, 0.717) is 10.5 Å². The standard InChI is InChI=1S/C19H16F2N6OS/c20-19(21)1-3-26(4-2-19)18(28)16-5-12(11-29-16)15-9-25-27-10-14(6-22-17(15)27)13-7-23-24-8-13/h5-11H,1-4H2,(H,23,24). The van der Waals surface area contributed by atoms with Crippen LogP contribution in [0.4, 0.5) is 8.78 Å². The van der Waals surface area contributed by atoms with Crippen LogP contribution in [0.15, 0.2) is 42.4 Å². The molecule has 0 unspecified atom stereocenters. The number of aromatic amines is 1. The van der Waals surface area contributed by atoms with Gasteiger partial charge in [-0.05, 0) is 17.0 Å². The van der Waals surface area contributed by atoms with Crippen LogP contribution in [0.25, 0.3) is 27.9 Å². The van der Waals surface area contributed by atoms with Crippen molar-refractivity contribution in [3.63, 3.8) is 0 Å². The van der Waals surface area contributed by atoms with Crippen LogP contribution >= 0.6 is 11.3 Å². The Morgan fingerprint density at radius 1 is 1.14 bits per heavy atom. The molecule has 0 saturated carbocycles. The van der Waals surface area contributed by atoms with Gasteiger partial charge >= 0.3 is 0 Å². The molecule has 1 aliphatic heterocycles. The minimum absolute atomic E-state index is 0.0775. The van der Waals surface area contributed by atoms with E-state index in [4.69, 9.17) is 0 Å². The zero-order valence-corrected chi connectivity index (χ0v) is 16.0. The number of alkyl halides is 2. The van der Waals surface area contributed by atoms with Crippen molar-refractivity contribution in [3.8, 4) is 22.3 Å². The van der Waals surface area contributed by atoms with Crippen molar-refractivity contribution in [2.45, 2.75) is 18.8 Å². The smallest absolute Gasteiger partial charge is 0.263 e. The summed E-state index contributed by atoms with van der Waals surface area (Å²) in [5, 5.41) is 13.0. The van der Waals surface area contributed by atoms with Crippen molar-refractivity contribution in [1.82, 2.24) is 29.7 Å². The van der Waals surface area contributed by atoms with E-state index >= 15 is 0 Å². The number of nitrogens with one attached hydrogen (secondary N) is 1. The van der Waals surface area contributed by atoms with Crippen molar-refractivity contribution >= 4 is 22.9 Å².